The van der Waals surface area contributed by atoms with Crippen molar-refractivity contribution in [3.63, 3.8) is 0 Å². The average Bonchev–Trinajstić information content (AvgIpc) is 3.02. The molecule has 1 atom stereocenters. The van der Waals surface area contributed by atoms with Gasteiger partial charge in [0.05, 0.1) is 17.9 Å². The van der Waals surface area contributed by atoms with Gasteiger partial charge in [-0.2, -0.15) is 0 Å². The number of ether oxygens (including phenoxy) is 1. The number of aliphatic hydroxyl groups excluding tert-OH is 1. The maximum atomic E-state index is 12.0. The molecular formula is C17H16N2O3. The van der Waals surface area contributed by atoms with Crippen molar-refractivity contribution in [2.24, 2.45) is 0 Å². The summed E-state index contributed by atoms with van der Waals surface area (Å²) in [4.78, 5) is 16.2. The van der Waals surface area contributed by atoms with Crippen LogP contribution in [0.25, 0.3) is 5.65 Å². The highest BCUT2D eigenvalue weighted by Crippen LogP contribution is 2.24. The molecule has 22 heavy (non-hydrogen) atoms. The summed E-state index contributed by atoms with van der Waals surface area (Å²) in [5.74, 6) is -0.422. The largest absolute Gasteiger partial charge is 0.462 e. The van der Waals surface area contributed by atoms with Gasteiger partial charge in [0.15, 0.2) is 0 Å². The lowest BCUT2D eigenvalue weighted by molar-refractivity contribution is 0.0526. The van der Waals surface area contributed by atoms with Crippen LogP contribution >= 0.6 is 0 Å². The molecule has 0 fully saturated rings. The van der Waals surface area contributed by atoms with Crippen LogP contribution in [0.1, 0.15) is 34.6 Å². The third-order valence-electron chi connectivity index (χ3n) is 3.44. The van der Waals surface area contributed by atoms with Crippen LogP contribution in [0.15, 0.2) is 54.9 Å². The smallest absolute Gasteiger partial charge is 0.338 e. The van der Waals surface area contributed by atoms with Gasteiger partial charge in [0.2, 0.25) is 0 Å². The van der Waals surface area contributed by atoms with Gasteiger partial charge in [-0.25, -0.2) is 9.78 Å². The summed E-state index contributed by atoms with van der Waals surface area (Å²) in [7, 11) is 0. The van der Waals surface area contributed by atoms with E-state index in [1.54, 1.807) is 35.9 Å². The number of rotatable bonds is 4. The maximum absolute atomic E-state index is 12.0. The summed E-state index contributed by atoms with van der Waals surface area (Å²) in [6, 6.07) is 12.6. The number of pyridine rings is 1. The molecule has 1 N–H and O–H groups in total. The number of aliphatic hydroxyl groups is 1. The summed E-state index contributed by atoms with van der Waals surface area (Å²) >= 11 is 0. The van der Waals surface area contributed by atoms with Crippen LogP contribution in [0.5, 0.6) is 0 Å². The predicted octanol–water partition coefficient (Wildman–Crippen LogP) is 2.59. The lowest BCUT2D eigenvalue weighted by atomic mass is 10.0. The lowest BCUT2D eigenvalue weighted by Gasteiger charge is -2.15. The highest BCUT2D eigenvalue weighted by Gasteiger charge is 2.18. The first-order valence-corrected chi connectivity index (χ1v) is 7.08. The SMILES string of the molecule is CCOC(=O)c1cc(C(O)c2ccccc2)n2ccnc2c1. The van der Waals surface area contributed by atoms with Crippen LogP contribution in [-0.4, -0.2) is 27.1 Å². The first-order valence-electron chi connectivity index (χ1n) is 7.08. The van der Waals surface area contributed by atoms with Gasteiger partial charge in [-0.3, -0.25) is 0 Å². The van der Waals surface area contributed by atoms with Gasteiger partial charge in [-0.1, -0.05) is 30.3 Å². The Morgan fingerprint density at radius 3 is 2.82 bits per heavy atom. The molecule has 5 heteroatoms. The van der Waals surface area contributed by atoms with E-state index in [1.165, 1.54) is 0 Å². The fraction of sp³-hybridized carbons (Fsp3) is 0.176. The molecule has 0 aliphatic heterocycles. The van der Waals surface area contributed by atoms with E-state index < -0.39 is 12.1 Å². The van der Waals surface area contributed by atoms with Crippen molar-refractivity contribution in [3.05, 3.63) is 71.7 Å². The molecule has 2 aromatic heterocycles. The molecule has 112 valence electrons. The third-order valence-corrected chi connectivity index (χ3v) is 3.44. The van der Waals surface area contributed by atoms with E-state index in [2.05, 4.69) is 4.98 Å². The van der Waals surface area contributed by atoms with E-state index in [-0.39, 0.29) is 0 Å². The van der Waals surface area contributed by atoms with Crippen molar-refractivity contribution in [2.75, 3.05) is 6.61 Å². The standard InChI is InChI=1S/C17H16N2O3/c1-2-22-17(21)13-10-14(19-9-8-18-15(19)11-13)16(20)12-6-4-3-5-7-12/h3-11,16,20H,2H2,1H3. The van der Waals surface area contributed by atoms with Crippen LogP contribution in [-0.2, 0) is 4.74 Å². The molecule has 0 saturated heterocycles. The summed E-state index contributed by atoms with van der Waals surface area (Å²) in [6.45, 7) is 2.06. The van der Waals surface area contributed by atoms with Crippen LogP contribution in [0.3, 0.4) is 0 Å². The van der Waals surface area contributed by atoms with Crippen LogP contribution in [0.4, 0.5) is 0 Å². The second kappa shape index (κ2) is 5.99. The molecule has 0 saturated carbocycles. The fourth-order valence-corrected chi connectivity index (χ4v) is 2.40. The zero-order valence-electron chi connectivity index (χ0n) is 12.1. The summed E-state index contributed by atoms with van der Waals surface area (Å²) in [6.07, 6.45) is 2.53. The summed E-state index contributed by atoms with van der Waals surface area (Å²) < 4.78 is 6.80. The van der Waals surface area contributed by atoms with Crippen LogP contribution in [0, 0.1) is 0 Å². The van der Waals surface area contributed by atoms with Crippen molar-refractivity contribution in [3.8, 4) is 0 Å². The molecule has 0 radical (unpaired) electrons. The number of hydrogen-bond donors (Lipinski definition) is 1. The Labute approximate surface area is 127 Å². The quantitative estimate of drug-likeness (QED) is 0.752. The first-order chi connectivity index (χ1) is 10.7. The van der Waals surface area contributed by atoms with Crippen molar-refractivity contribution in [1.82, 2.24) is 9.38 Å². The van der Waals surface area contributed by atoms with Crippen molar-refractivity contribution in [1.29, 1.82) is 0 Å². The molecule has 0 aliphatic rings. The highest BCUT2D eigenvalue weighted by atomic mass is 16.5. The topological polar surface area (TPSA) is 63.8 Å². The number of imidazole rings is 1. The molecule has 0 aliphatic carbocycles. The number of aromatic nitrogens is 2. The fourth-order valence-electron chi connectivity index (χ4n) is 2.40. The second-order valence-electron chi connectivity index (χ2n) is 4.86. The van der Waals surface area contributed by atoms with Gasteiger partial charge < -0.3 is 14.2 Å². The van der Waals surface area contributed by atoms with E-state index in [0.29, 0.717) is 23.5 Å². The normalized spacial score (nSPS) is 12.3. The molecule has 5 nitrogen and oxygen atoms in total. The Hall–Kier alpha value is -2.66. The second-order valence-corrected chi connectivity index (χ2v) is 4.86. The predicted molar refractivity (Wildman–Crippen MR) is 81.7 cm³/mol. The zero-order chi connectivity index (χ0) is 15.5. The van der Waals surface area contributed by atoms with Crippen LogP contribution < -0.4 is 0 Å². The average molecular weight is 296 g/mol. The molecule has 1 aromatic carbocycles. The highest BCUT2D eigenvalue weighted by molar-refractivity contribution is 5.90. The van der Waals surface area contributed by atoms with Gasteiger partial charge in [0.1, 0.15) is 11.8 Å². The number of esters is 1. The Morgan fingerprint density at radius 1 is 1.32 bits per heavy atom. The maximum Gasteiger partial charge on any atom is 0.338 e. The number of hydrogen-bond acceptors (Lipinski definition) is 4. The Balaban J connectivity index is 2.11. The van der Waals surface area contributed by atoms with Crippen LogP contribution in [0.2, 0.25) is 0 Å². The van der Waals surface area contributed by atoms with E-state index in [0.717, 1.165) is 5.56 Å². The number of carbonyl (C=O) groups excluding carboxylic acids is 1. The first kappa shape index (κ1) is 14.3. The van der Waals surface area contributed by atoms with E-state index in [4.69, 9.17) is 4.74 Å². The van der Waals surface area contributed by atoms with Gasteiger partial charge in [-0.15, -0.1) is 0 Å². The minimum atomic E-state index is -0.854. The molecular weight excluding hydrogens is 280 g/mol. The minimum Gasteiger partial charge on any atom is -0.462 e. The monoisotopic (exact) mass is 296 g/mol. The Kier molecular flexibility index (Phi) is 3.89. The Morgan fingerprint density at radius 2 is 2.09 bits per heavy atom. The van der Waals surface area contributed by atoms with Gasteiger partial charge in [-0.05, 0) is 24.6 Å². The zero-order valence-corrected chi connectivity index (χ0v) is 12.1. The minimum absolute atomic E-state index is 0.301. The number of fused-ring (bicyclic) bond motifs is 1. The van der Waals surface area contributed by atoms with E-state index in [9.17, 15) is 9.90 Å². The molecule has 0 spiro atoms. The van der Waals surface area contributed by atoms with E-state index >= 15 is 0 Å². The number of nitrogens with zero attached hydrogens (tertiary/aromatic N) is 2. The molecule has 0 amide bonds. The van der Waals surface area contributed by atoms with Crippen molar-refractivity contribution < 1.29 is 14.6 Å². The number of benzene rings is 1. The Bertz CT molecular complexity index is 796. The molecule has 0 bridgehead atoms. The summed E-state index contributed by atoms with van der Waals surface area (Å²) in [5.41, 5.74) is 2.30. The van der Waals surface area contributed by atoms with E-state index in [1.807, 2.05) is 30.3 Å². The molecule has 3 aromatic rings. The van der Waals surface area contributed by atoms with Gasteiger partial charge in [0.25, 0.3) is 0 Å². The molecule has 2 heterocycles. The molecule has 1 unspecified atom stereocenters. The molecule has 3 rings (SSSR count). The van der Waals surface area contributed by atoms with Crippen molar-refractivity contribution in [2.45, 2.75) is 13.0 Å². The third kappa shape index (κ3) is 2.58. The van der Waals surface area contributed by atoms with Gasteiger partial charge >= 0.3 is 5.97 Å². The lowest BCUT2D eigenvalue weighted by Crippen LogP contribution is -2.11. The van der Waals surface area contributed by atoms with Gasteiger partial charge in [0, 0.05) is 12.4 Å². The number of carbonyl (C=O) groups is 1. The summed E-state index contributed by atoms with van der Waals surface area (Å²) in [5, 5.41) is 10.6. The van der Waals surface area contributed by atoms with Crippen molar-refractivity contribution >= 4 is 11.6 Å².